The van der Waals surface area contributed by atoms with E-state index in [1.54, 1.807) is 6.07 Å². The van der Waals surface area contributed by atoms with Gasteiger partial charge in [0.05, 0.1) is 0 Å². The topological polar surface area (TPSA) is 67.6 Å². The molecule has 0 unspecified atom stereocenters. The number of pyridine rings is 1. The summed E-state index contributed by atoms with van der Waals surface area (Å²) in [5, 5.41) is 0. The number of rotatable bonds is 2. The van der Waals surface area contributed by atoms with E-state index in [-0.39, 0.29) is 29.2 Å². The molecule has 0 N–H and O–H groups in total. The monoisotopic (exact) mass is 422 g/mol. The van der Waals surface area contributed by atoms with E-state index in [4.69, 9.17) is 0 Å². The lowest BCUT2D eigenvalue weighted by Gasteiger charge is -2.43. The van der Waals surface area contributed by atoms with Gasteiger partial charge >= 0.3 is 0 Å². The average Bonchev–Trinajstić information content (AvgIpc) is 3.02. The highest BCUT2D eigenvalue weighted by Gasteiger charge is 2.37. The van der Waals surface area contributed by atoms with E-state index in [2.05, 4.69) is 0 Å². The normalized spacial score (nSPS) is 23.3. The number of likely N-dealkylation sites (tertiary alicyclic amines) is 2. The largest absolute Gasteiger partial charge is 0.347 e. The quantitative estimate of drug-likeness (QED) is 0.747. The average molecular weight is 423 g/mol. The van der Waals surface area contributed by atoms with Gasteiger partial charge in [-0.05, 0) is 49.4 Å². The summed E-state index contributed by atoms with van der Waals surface area (Å²) in [7, 11) is 1.88. The van der Waals surface area contributed by atoms with Crippen LogP contribution in [0, 0.1) is 5.92 Å². The van der Waals surface area contributed by atoms with Crippen molar-refractivity contribution in [1.82, 2.24) is 18.9 Å². The van der Waals surface area contributed by atoms with Gasteiger partial charge in [-0.15, -0.1) is 0 Å². The van der Waals surface area contributed by atoms with E-state index in [0.29, 0.717) is 30.9 Å². The van der Waals surface area contributed by atoms with Crippen LogP contribution in [0.4, 0.5) is 0 Å². The van der Waals surface area contributed by atoms with Crippen LogP contribution >= 0.6 is 0 Å². The molecule has 3 aliphatic heterocycles. The van der Waals surface area contributed by atoms with Crippen molar-refractivity contribution in [2.24, 2.45) is 13.0 Å². The lowest BCUT2D eigenvalue weighted by Crippen LogP contribution is -2.50. The van der Waals surface area contributed by atoms with E-state index in [1.807, 2.05) is 50.4 Å². The van der Waals surface area contributed by atoms with E-state index < -0.39 is 0 Å². The smallest absolute Gasteiger partial charge is 0.270 e. The van der Waals surface area contributed by atoms with E-state index >= 15 is 0 Å². The van der Waals surface area contributed by atoms with Crippen LogP contribution < -0.4 is 5.56 Å². The summed E-state index contributed by atoms with van der Waals surface area (Å²) >= 11 is 0. The maximum absolute atomic E-state index is 13.3. The second-order valence-electron chi connectivity index (χ2n) is 9.31. The molecular weight excluding hydrogens is 392 g/mol. The summed E-state index contributed by atoms with van der Waals surface area (Å²) in [4.78, 5) is 43.2. The van der Waals surface area contributed by atoms with Crippen molar-refractivity contribution in [3.05, 3.63) is 57.8 Å². The Morgan fingerprint density at radius 2 is 1.68 bits per heavy atom. The van der Waals surface area contributed by atoms with Crippen molar-refractivity contribution in [3.8, 4) is 0 Å². The number of piperidine rings is 1. The molecule has 7 nitrogen and oxygen atoms in total. The molecule has 0 spiro atoms. The van der Waals surface area contributed by atoms with Crippen molar-refractivity contribution in [2.75, 3.05) is 26.2 Å². The van der Waals surface area contributed by atoms with Gasteiger partial charge in [0.25, 0.3) is 17.4 Å². The summed E-state index contributed by atoms with van der Waals surface area (Å²) in [6, 6.07) is 7.41. The zero-order chi connectivity index (χ0) is 21.5. The lowest BCUT2D eigenvalue weighted by atomic mass is 9.82. The highest BCUT2D eigenvalue weighted by Crippen LogP contribution is 2.35. The van der Waals surface area contributed by atoms with Crippen LogP contribution in [0.1, 0.15) is 64.6 Å². The van der Waals surface area contributed by atoms with Crippen molar-refractivity contribution in [2.45, 2.75) is 44.6 Å². The second-order valence-corrected chi connectivity index (χ2v) is 9.31. The van der Waals surface area contributed by atoms with Gasteiger partial charge in [0.15, 0.2) is 0 Å². The SMILES string of the molecule is Cn1cccc1C(=O)N1C[C@@H]2C[C@H](C1)c1ccc(C(=O)N3CCCCCC3)c(=O)n1C2. The molecule has 5 heterocycles. The third kappa shape index (κ3) is 3.60. The Bertz CT molecular complexity index is 1060. The first-order valence-corrected chi connectivity index (χ1v) is 11.5. The van der Waals surface area contributed by atoms with Crippen LogP contribution in [-0.2, 0) is 13.6 Å². The molecular formula is C24H30N4O3. The number of carbonyl (C=O) groups excluding carboxylic acids is 2. The molecule has 2 bridgehead atoms. The number of amides is 2. The molecule has 2 aromatic heterocycles. The van der Waals surface area contributed by atoms with Gasteiger partial charge in [-0.2, -0.15) is 0 Å². The van der Waals surface area contributed by atoms with Gasteiger partial charge in [-0.3, -0.25) is 14.4 Å². The van der Waals surface area contributed by atoms with Crippen LogP contribution in [0.15, 0.2) is 35.3 Å². The minimum absolute atomic E-state index is 0.0472. The fourth-order valence-electron chi connectivity index (χ4n) is 5.56. The molecule has 164 valence electrons. The van der Waals surface area contributed by atoms with Gasteiger partial charge in [-0.25, -0.2) is 0 Å². The number of aryl methyl sites for hydroxylation is 1. The minimum Gasteiger partial charge on any atom is -0.347 e. The first-order chi connectivity index (χ1) is 15.0. The number of hydrogen-bond acceptors (Lipinski definition) is 3. The number of carbonyl (C=O) groups is 2. The zero-order valence-electron chi connectivity index (χ0n) is 18.1. The first-order valence-electron chi connectivity index (χ1n) is 11.5. The molecule has 2 saturated heterocycles. The summed E-state index contributed by atoms with van der Waals surface area (Å²) in [6.45, 7) is 3.31. The molecule has 0 radical (unpaired) electrons. The fraction of sp³-hybridized carbons (Fsp3) is 0.542. The van der Waals surface area contributed by atoms with E-state index in [9.17, 15) is 14.4 Å². The van der Waals surface area contributed by atoms with Crippen LogP contribution in [0.5, 0.6) is 0 Å². The summed E-state index contributed by atoms with van der Waals surface area (Å²) < 4.78 is 3.67. The highest BCUT2D eigenvalue weighted by molar-refractivity contribution is 5.94. The molecule has 7 heteroatoms. The Morgan fingerprint density at radius 1 is 0.903 bits per heavy atom. The van der Waals surface area contributed by atoms with Crippen LogP contribution in [0.25, 0.3) is 0 Å². The van der Waals surface area contributed by atoms with Gasteiger partial charge < -0.3 is 18.9 Å². The molecule has 0 aromatic carbocycles. The van der Waals surface area contributed by atoms with Gasteiger partial charge in [0, 0.05) is 57.6 Å². The number of fused-ring (bicyclic) bond motifs is 4. The molecule has 2 fully saturated rings. The predicted molar refractivity (Wildman–Crippen MR) is 117 cm³/mol. The number of nitrogens with zero attached hydrogens (tertiary/aromatic N) is 4. The van der Waals surface area contributed by atoms with E-state index in [1.165, 1.54) is 0 Å². The Balaban J connectivity index is 1.40. The Kier molecular flexibility index (Phi) is 5.20. The fourth-order valence-corrected chi connectivity index (χ4v) is 5.56. The standard InChI is InChI=1S/C24H30N4O3/c1-25-10-6-7-21(25)24(31)27-14-17-13-18(16-27)20-9-8-19(23(30)28(20)15-17)22(29)26-11-4-2-3-5-12-26/h6-10,17-18H,2-5,11-16H2,1H3/t17-,18+/m0/s1. The van der Waals surface area contributed by atoms with Crippen LogP contribution in [0.2, 0.25) is 0 Å². The molecule has 2 atom stereocenters. The molecule has 2 aromatic rings. The number of hydrogen-bond donors (Lipinski definition) is 0. The van der Waals surface area contributed by atoms with Crippen LogP contribution in [0.3, 0.4) is 0 Å². The van der Waals surface area contributed by atoms with Crippen molar-refractivity contribution in [1.29, 1.82) is 0 Å². The van der Waals surface area contributed by atoms with Crippen molar-refractivity contribution < 1.29 is 9.59 Å². The Hall–Kier alpha value is -2.83. The highest BCUT2D eigenvalue weighted by atomic mass is 16.2. The minimum atomic E-state index is -0.163. The van der Waals surface area contributed by atoms with Crippen molar-refractivity contribution in [3.63, 3.8) is 0 Å². The molecule has 0 aliphatic carbocycles. The molecule has 0 saturated carbocycles. The molecule has 2 amide bonds. The van der Waals surface area contributed by atoms with E-state index in [0.717, 1.165) is 50.9 Å². The summed E-state index contributed by atoms with van der Waals surface area (Å²) in [5.41, 5.74) is 1.78. The maximum atomic E-state index is 13.3. The zero-order valence-corrected chi connectivity index (χ0v) is 18.1. The molecule has 5 rings (SSSR count). The molecule has 31 heavy (non-hydrogen) atoms. The van der Waals surface area contributed by atoms with Crippen LogP contribution in [-0.4, -0.2) is 56.9 Å². The third-order valence-electron chi connectivity index (χ3n) is 7.18. The predicted octanol–water partition coefficient (Wildman–Crippen LogP) is 2.46. The second kappa shape index (κ2) is 8.02. The molecule has 3 aliphatic rings. The van der Waals surface area contributed by atoms with Gasteiger partial charge in [-0.1, -0.05) is 12.8 Å². The maximum Gasteiger partial charge on any atom is 0.270 e. The van der Waals surface area contributed by atoms with Gasteiger partial charge in [0.1, 0.15) is 11.3 Å². The summed E-state index contributed by atoms with van der Waals surface area (Å²) in [5.74, 6) is 0.285. The summed E-state index contributed by atoms with van der Waals surface area (Å²) in [6.07, 6.45) is 7.18. The van der Waals surface area contributed by atoms with Crippen molar-refractivity contribution >= 4 is 11.8 Å². The third-order valence-corrected chi connectivity index (χ3v) is 7.18. The Morgan fingerprint density at radius 3 is 2.39 bits per heavy atom. The first kappa shape index (κ1) is 20.1. The Labute approximate surface area is 182 Å². The van der Waals surface area contributed by atoms with Gasteiger partial charge in [0.2, 0.25) is 0 Å². The lowest BCUT2D eigenvalue weighted by molar-refractivity contribution is 0.0585. The number of aromatic nitrogens is 2.